The highest BCUT2D eigenvalue weighted by molar-refractivity contribution is 8.00. The molecule has 4 nitrogen and oxygen atoms in total. The van der Waals surface area contributed by atoms with Crippen molar-refractivity contribution >= 4 is 23.6 Å². The maximum Gasteiger partial charge on any atom is 0.243 e. The minimum absolute atomic E-state index is 0.0305. The van der Waals surface area contributed by atoms with Crippen molar-refractivity contribution in [3.8, 4) is 0 Å². The van der Waals surface area contributed by atoms with Crippen LogP contribution in [0.5, 0.6) is 0 Å². The second kappa shape index (κ2) is 10.7. The maximum absolute atomic E-state index is 13.3. The Morgan fingerprint density at radius 3 is 2.00 bits per heavy atom. The van der Waals surface area contributed by atoms with Gasteiger partial charge in [-0.3, -0.25) is 9.59 Å². The summed E-state index contributed by atoms with van der Waals surface area (Å²) in [6.07, 6.45) is 0.564. The minimum atomic E-state index is -0.503. The predicted molar refractivity (Wildman–Crippen MR) is 126 cm³/mol. The number of aryl methyl sites for hydroxylation is 2. The lowest BCUT2D eigenvalue weighted by molar-refractivity contribution is -0.140. The number of carbonyl (C=O) groups excluding carboxylic acids is 2. The molecule has 1 N–H and O–H groups in total. The molecule has 2 rings (SSSR count). The average Bonchev–Trinajstić information content (AvgIpc) is 2.67. The van der Waals surface area contributed by atoms with E-state index >= 15 is 0 Å². The number of hydrogen-bond donors (Lipinski definition) is 1. The number of rotatable bonds is 8. The van der Waals surface area contributed by atoms with Crippen LogP contribution in [0.3, 0.4) is 0 Å². The summed E-state index contributed by atoms with van der Waals surface area (Å²) in [4.78, 5) is 29.0. The highest BCUT2D eigenvalue weighted by atomic mass is 32.2. The highest BCUT2D eigenvalue weighted by Crippen LogP contribution is 2.21. The van der Waals surface area contributed by atoms with E-state index < -0.39 is 6.04 Å². The molecule has 0 fully saturated rings. The van der Waals surface area contributed by atoms with Gasteiger partial charge in [-0.05, 0) is 58.7 Å². The number of carbonyl (C=O) groups is 2. The Balaban J connectivity index is 2.21. The molecule has 0 heterocycles. The van der Waals surface area contributed by atoms with Crippen molar-refractivity contribution < 1.29 is 9.59 Å². The van der Waals surface area contributed by atoms with E-state index in [2.05, 4.69) is 5.32 Å². The molecule has 30 heavy (non-hydrogen) atoms. The first kappa shape index (κ1) is 24.0. The van der Waals surface area contributed by atoms with Crippen molar-refractivity contribution in [1.29, 1.82) is 0 Å². The monoisotopic (exact) mass is 426 g/mol. The van der Waals surface area contributed by atoms with Crippen LogP contribution in [0.1, 0.15) is 50.8 Å². The molecule has 0 aliphatic carbocycles. The van der Waals surface area contributed by atoms with Crippen LogP contribution in [0.4, 0.5) is 0 Å². The molecule has 5 heteroatoms. The summed E-state index contributed by atoms with van der Waals surface area (Å²) in [5, 5.41) is 3.04. The smallest absolute Gasteiger partial charge is 0.243 e. The van der Waals surface area contributed by atoms with Crippen LogP contribution >= 0.6 is 11.8 Å². The summed E-state index contributed by atoms with van der Waals surface area (Å²) in [5.41, 5.74) is 3.04. The van der Waals surface area contributed by atoms with Gasteiger partial charge in [-0.25, -0.2) is 0 Å². The Kier molecular flexibility index (Phi) is 8.54. The summed E-state index contributed by atoms with van der Waals surface area (Å²) in [5.74, 6) is 0.164. The van der Waals surface area contributed by atoms with E-state index in [0.717, 1.165) is 10.5 Å². The molecule has 2 amide bonds. The van der Waals surface area contributed by atoms with E-state index in [-0.39, 0.29) is 17.4 Å². The molecule has 2 aromatic rings. The first-order valence-electron chi connectivity index (χ1n) is 10.5. The lowest BCUT2D eigenvalue weighted by Crippen LogP contribution is -2.53. The number of thioether (sulfide) groups is 1. The SMILES string of the molecule is CC[C@H](C(=O)NC(C)(C)C)N(Cc1ccc(C)cc1)C(=O)CSc1ccc(C)cc1. The maximum atomic E-state index is 13.3. The molecule has 0 aliphatic rings. The Morgan fingerprint density at radius 1 is 0.967 bits per heavy atom. The molecular formula is C25H34N2O2S. The molecule has 0 saturated carbocycles. The van der Waals surface area contributed by atoms with Gasteiger partial charge in [-0.1, -0.05) is 54.4 Å². The minimum Gasteiger partial charge on any atom is -0.350 e. The molecular weight excluding hydrogens is 392 g/mol. The van der Waals surface area contributed by atoms with Gasteiger partial charge in [-0.2, -0.15) is 0 Å². The van der Waals surface area contributed by atoms with Gasteiger partial charge >= 0.3 is 0 Å². The summed E-state index contributed by atoms with van der Waals surface area (Å²) in [7, 11) is 0. The number of nitrogens with zero attached hydrogens (tertiary/aromatic N) is 1. The number of benzene rings is 2. The van der Waals surface area contributed by atoms with Crippen molar-refractivity contribution in [3.05, 3.63) is 65.2 Å². The topological polar surface area (TPSA) is 49.4 Å². The van der Waals surface area contributed by atoms with Crippen molar-refractivity contribution in [2.24, 2.45) is 0 Å². The zero-order valence-corrected chi connectivity index (χ0v) is 19.8. The molecule has 0 aliphatic heterocycles. The summed E-state index contributed by atoms with van der Waals surface area (Å²) < 4.78 is 0. The molecule has 0 saturated heterocycles. The summed E-state index contributed by atoms with van der Waals surface area (Å²) in [6, 6.07) is 15.8. The Hall–Kier alpha value is -2.27. The van der Waals surface area contributed by atoms with Crippen molar-refractivity contribution in [2.75, 3.05) is 5.75 Å². The second-order valence-corrected chi connectivity index (χ2v) is 9.82. The number of amides is 2. The highest BCUT2D eigenvalue weighted by Gasteiger charge is 2.30. The van der Waals surface area contributed by atoms with Gasteiger partial charge in [0.15, 0.2) is 0 Å². The van der Waals surface area contributed by atoms with Crippen molar-refractivity contribution in [2.45, 2.75) is 71.0 Å². The van der Waals surface area contributed by atoms with E-state index in [9.17, 15) is 9.59 Å². The molecule has 2 aromatic carbocycles. The van der Waals surface area contributed by atoms with E-state index in [1.807, 2.05) is 90.1 Å². The Morgan fingerprint density at radius 2 is 1.50 bits per heavy atom. The zero-order chi connectivity index (χ0) is 22.3. The van der Waals surface area contributed by atoms with Gasteiger partial charge in [0, 0.05) is 17.0 Å². The largest absolute Gasteiger partial charge is 0.350 e. The van der Waals surface area contributed by atoms with Gasteiger partial charge in [0.2, 0.25) is 11.8 Å². The fourth-order valence-corrected chi connectivity index (χ4v) is 3.91. The number of nitrogens with one attached hydrogen (secondary N) is 1. The van der Waals surface area contributed by atoms with E-state index in [4.69, 9.17) is 0 Å². The quantitative estimate of drug-likeness (QED) is 0.596. The summed E-state index contributed by atoms with van der Waals surface area (Å²) in [6.45, 7) is 12.3. The van der Waals surface area contributed by atoms with Crippen LogP contribution in [0.25, 0.3) is 0 Å². The lowest BCUT2D eigenvalue weighted by Gasteiger charge is -2.33. The fraction of sp³-hybridized carbons (Fsp3) is 0.440. The fourth-order valence-electron chi connectivity index (χ4n) is 3.13. The zero-order valence-electron chi connectivity index (χ0n) is 19.0. The van der Waals surface area contributed by atoms with E-state index in [1.165, 1.54) is 22.9 Å². The third-order valence-corrected chi connectivity index (χ3v) is 5.74. The predicted octanol–water partition coefficient (Wildman–Crippen LogP) is 5.12. The normalized spacial score (nSPS) is 12.3. The number of hydrogen-bond acceptors (Lipinski definition) is 3. The molecule has 0 aromatic heterocycles. The Bertz CT molecular complexity index is 839. The van der Waals surface area contributed by atoms with Crippen LogP contribution in [0.2, 0.25) is 0 Å². The molecule has 0 spiro atoms. The molecule has 0 unspecified atom stereocenters. The van der Waals surface area contributed by atoms with Crippen LogP contribution in [-0.4, -0.2) is 34.0 Å². The van der Waals surface area contributed by atoms with Crippen LogP contribution in [0, 0.1) is 13.8 Å². The van der Waals surface area contributed by atoms with E-state index in [0.29, 0.717) is 18.7 Å². The van der Waals surface area contributed by atoms with Gasteiger partial charge in [-0.15, -0.1) is 11.8 Å². The third-order valence-electron chi connectivity index (χ3n) is 4.74. The average molecular weight is 427 g/mol. The first-order valence-corrected chi connectivity index (χ1v) is 11.4. The summed E-state index contributed by atoms with van der Waals surface area (Å²) >= 11 is 1.51. The van der Waals surface area contributed by atoms with Gasteiger partial charge < -0.3 is 10.2 Å². The van der Waals surface area contributed by atoms with Crippen LogP contribution < -0.4 is 5.32 Å². The van der Waals surface area contributed by atoms with Crippen LogP contribution in [-0.2, 0) is 16.1 Å². The molecule has 1 atom stereocenters. The van der Waals surface area contributed by atoms with Gasteiger partial charge in [0.1, 0.15) is 6.04 Å². The second-order valence-electron chi connectivity index (χ2n) is 8.77. The molecule has 0 radical (unpaired) electrons. The van der Waals surface area contributed by atoms with E-state index in [1.54, 1.807) is 4.90 Å². The van der Waals surface area contributed by atoms with Crippen LogP contribution in [0.15, 0.2) is 53.4 Å². The lowest BCUT2D eigenvalue weighted by atomic mass is 10.1. The first-order chi connectivity index (χ1) is 14.1. The standard InChI is InChI=1S/C25H34N2O2S/c1-7-22(24(29)26-25(4,5)6)27(16-20-12-8-18(2)9-13-20)23(28)17-30-21-14-10-19(3)11-15-21/h8-15,22H,7,16-17H2,1-6H3,(H,26,29)/t22-/m1/s1. The molecule has 0 bridgehead atoms. The van der Waals surface area contributed by atoms with Crippen molar-refractivity contribution in [3.63, 3.8) is 0 Å². The third kappa shape index (κ3) is 7.52. The van der Waals surface area contributed by atoms with Gasteiger partial charge in [0.05, 0.1) is 5.75 Å². The molecule has 162 valence electrons. The van der Waals surface area contributed by atoms with Crippen molar-refractivity contribution in [1.82, 2.24) is 10.2 Å². The van der Waals surface area contributed by atoms with Gasteiger partial charge in [0.25, 0.3) is 0 Å². The Labute approximate surface area is 185 Å².